The summed E-state index contributed by atoms with van der Waals surface area (Å²) >= 11 is 0. The standard InChI is InChI=1S/C17H24N2O5/c1-17(2,3)14(20)6-7-18-15(21)16(22)19-9-11-4-5-12-13(8-11)24-10-23-12/h4-5,8,14,20H,6-7,9-10H2,1-3H3,(H,18,21)(H,19,22). The molecule has 1 atom stereocenters. The fourth-order valence-corrected chi connectivity index (χ4v) is 2.15. The lowest BCUT2D eigenvalue weighted by molar-refractivity contribution is -0.139. The fraction of sp³-hybridized carbons (Fsp3) is 0.529. The molecule has 3 N–H and O–H groups in total. The van der Waals surface area contributed by atoms with E-state index in [1.165, 1.54) is 0 Å². The highest BCUT2D eigenvalue weighted by molar-refractivity contribution is 6.35. The van der Waals surface area contributed by atoms with E-state index in [9.17, 15) is 14.7 Å². The number of nitrogens with one attached hydrogen (secondary N) is 2. The first-order chi connectivity index (χ1) is 11.3. The molecule has 0 radical (unpaired) electrons. The van der Waals surface area contributed by atoms with Gasteiger partial charge in [0, 0.05) is 13.1 Å². The lowest BCUT2D eigenvalue weighted by atomic mass is 9.87. The molecule has 0 bridgehead atoms. The zero-order valence-electron chi connectivity index (χ0n) is 14.2. The summed E-state index contributed by atoms with van der Waals surface area (Å²) in [5, 5.41) is 14.9. The Labute approximate surface area is 141 Å². The zero-order chi connectivity index (χ0) is 17.7. The Morgan fingerprint density at radius 2 is 1.83 bits per heavy atom. The molecule has 0 aliphatic carbocycles. The predicted molar refractivity (Wildman–Crippen MR) is 87.5 cm³/mol. The van der Waals surface area contributed by atoms with Crippen molar-refractivity contribution in [2.75, 3.05) is 13.3 Å². The first kappa shape index (κ1) is 18.1. The van der Waals surface area contributed by atoms with Gasteiger partial charge in [-0.2, -0.15) is 0 Å². The van der Waals surface area contributed by atoms with Crippen molar-refractivity contribution in [1.29, 1.82) is 0 Å². The number of carbonyl (C=O) groups is 2. The van der Waals surface area contributed by atoms with Crippen LogP contribution in [-0.2, 0) is 16.1 Å². The SMILES string of the molecule is CC(C)(C)C(O)CCNC(=O)C(=O)NCc1ccc2c(c1)OCO2. The number of aliphatic hydroxyl groups excluding tert-OH is 1. The first-order valence-electron chi connectivity index (χ1n) is 7.90. The summed E-state index contributed by atoms with van der Waals surface area (Å²) in [6.07, 6.45) is -0.153. The zero-order valence-corrected chi connectivity index (χ0v) is 14.2. The highest BCUT2D eigenvalue weighted by atomic mass is 16.7. The van der Waals surface area contributed by atoms with Gasteiger partial charge in [0.2, 0.25) is 6.79 Å². The van der Waals surface area contributed by atoms with Gasteiger partial charge in [-0.1, -0.05) is 26.8 Å². The number of rotatable bonds is 5. The fourth-order valence-electron chi connectivity index (χ4n) is 2.15. The van der Waals surface area contributed by atoms with Crippen molar-refractivity contribution in [3.05, 3.63) is 23.8 Å². The second-order valence-electron chi connectivity index (χ2n) is 6.80. The van der Waals surface area contributed by atoms with Crippen molar-refractivity contribution in [3.8, 4) is 11.5 Å². The summed E-state index contributed by atoms with van der Waals surface area (Å²) in [6.45, 7) is 6.39. The third-order valence-corrected chi connectivity index (χ3v) is 3.80. The normalized spacial score (nSPS) is 14.2. The molecule has 2 amide bonds. The summed E-state index contributed by atoms with van der Waals surface area (Å²) in [5.74, 6) is -0.127. The molecule has 1 aliphatic heterocycles. The van der Waals surface area contributed by atoms with Gasteiger partial charge >= 0.3 is 11.8 Å². The molecule has 1 aliphatic rings. The molecule has 0 saturated heterocycles. The van der Waals surface area contributed by atoms with Crippen LogP contribution in [0.1, 0.15) is 32.8 Å². The minimum atomic E-state index is -0.711. The topological polar surface area (TPSA) is 96.9 Å². The number of fused-ring (bicyclic) bond motifs is 1. The van der Waals surface area contributed by atoms with E-state index in [-0.39, 0.29) is 25.3 Å². The Balaban J connectivity index is 1.73. The number of carbonyl (C=O) groups excluding carboxylic acids is 2. The molecule has 0 saturated carbocycles. The van der Waals surface area contributed by atoms with E-state index in [1.54, 1.807) is 18.2 Å². The minimum absolute atomic E-state index is 0.188. The Morgan fingerprint density at radius 1 is 1.17 bits per heavy atom. The van der Waals surface area contributed by atoms with Gasteiger partial charge < -0.3 is 25.2 Å². The third-order valence-electron chi connectivity index (χ3n) is 3.80. The van der Waals surface area contributed by atoms with Gasteiger partial charge in [0.1, 0.15) is 0 Å². The van der Waals surface area contributed by atoms with Crippen molar-refractivity contribution in [2.45, 2.75) is 39.8 Å². The maximum absolute atomic E-state index is 11.8. The van der Waals surface area contributed by atoms with E-state index in [4.69, 9.17) is 9.47 Å². The van der Waals surface area contributed by atoms with Gasteiger partial charge in [-0.15, -0.1) is 0 Å². The van der Waals surface area contributed by atoms with Crippen LogP contribution in [-0.4, -0.2) is 36.4 Å². The van der Waals surface area contributed by atoms with E-state index in [0.717, 1.165) is 5.56 Å². The van der Waals surface area contributed by atoms with E-state index in [0.29, 0.717) is 17.9 Å². The van der Waals surface area contributed by atoms with Crippen LogP contribution >= 0.6 is 0 Å². The predicted octanol–water partition coefficient (Wildman–Crippen LogP) is 0.945. The van der Waals surface area contributed by atoms with Crippen LogP contribution in [0.2, 0.25) is 0 Å². The third kappa shape index (κ3) is 4.86. The summed E-state index contributed by atoms with van der Waals surface area (Å²) < 4.78 is 10.5. The quantitative estimate of drug-likeness (QED) is 0.696. The van der Waals surface area contributed by atoms with Crippen molar-refractivity contribution >= 4 is 11.8 Å². The van der Waals surface area contributed by atoms with E-state index < -0.39 is 17.9 Å². The van der Waals surface area contributed by atoms with E-state index in [1.807, 2.05) is 20.8 Å². The molecular weight excluding hydrogens is 312 g/mol. The Kier molecular flexibility index (Phi) is 5.66. The maximum Gasteiger partial charge on any atom is 0.309 e. The molecule has 0 fully saturated rings. The second kappa shape index (κ2) is 7.53. The first-order valence-corrected chi connectivity index (χ1v) is 7.90. The Hall–Kier alpha value is -2.28. The minimum Gasteiger partial charge on any atom is -0.454 e. The lowest BCUT2D eigenvalue weighted by Crippen LogP contribution is -2.41. The Morgan fingerprint density at radius 3 is 2.54 bits per heavy atom. The monoisotopic (exact) mass is 336 g/mol. The van der Waals surface area contributed by atoms with Crippen LogP contribution in [0.25, 0.3) is 0 Å². The largest absolute Gasteiger partial charge is 0.454 e. The van der Waals surface area contributed by atoms with Crippen LogP contribution in [0.15, 0.2) is 18.2 Å². The molecule has 1 heterocycles. The number of ether oxygens (including phenoxy) is 2. The molecular formula is C17H24N2O5. The van der Waals surface area contributed by atoms with Crippen LogP contribution in [0.4, 0.5) is 0 Å². The van der Waals surface area contributed by atoms with Crippen molar-refractivity contribution < 1.29 is 24.2 Å². The molecule has 7 nitrogen and oxygen atoms in total. The number of benzene rings is 1. The molecule has 0 spiro atoms. The summed E-state index contributed by atoms with van der Waals surface area (Å²) in [5.41, 5.74) is 0.551. The number of hydrogen-bond acceptors (Lipinski definition) is 5. The molecule has 132 valence electrons. The average Bonchev–Trinajstić information content (AvgIpc) is 2.98. The molecule has 0 aromatic heterocycles. The highest BCUT2D eigenvalue weighted by Crippen LogP contribution is 2.32. The molecule has 2 rings (SSSR count). The van der Waals surface area contributed by atoms with Crippen molar-refractivity contribution in [2.24, 2.45) is 5.41 Å². The molecule has 1 aromatic carbocycles. The molecule has 24 heavy (non-hydrogen) atoms. The van der Waals surface area contributed by atoms with E-state index in [2.05, 4.69) is 10.6 Å². The van der Waals surface area contributed by atoms with Gasteiger partial charge in [-0.05, 0) is 29.5 Å². The second-order valence-corrected chi connectivity index (χ2v) is 6.80. The van der Waals surface area contributed by atoms with Crippen LogP contribution < -0.4 is 20.1 Å². The van der Waals surface area contributed by atoms with Crippen LogP contribution in [0.3, 0.4) is 0 Å². The molecule has 7 heteroatoms. The Bertz CT molecular complexity index is 609. The van der Waals surface area contributed by atoms with Crippen molar-refractivity contribution in [3.63, 3.8) is 0 Å². The van der Waals surface area contributed by atoms with Gasteiger partial charge in [0.15, 0.2) is 11.5 Å². The van der Waals surface area contributed by atoms with Gasteiger partial charge in [-0.3, -0.25) is 9.59 Å². The van der Waals surface area contributed by atoms with Crippen LogP contribution in [0, 0.1) is 5.41 Å². The summed E-state index contributed by atoms with van der Waals surface area (Å²) in [6, 6.07) is 5.32. The van der Waals surface area contributed by atoms with Gasteiger partial charge in [0.25, 0.3) is 0 Å². The number of amides is 2. The highest BCUT2D eigenvalue weighted by Gasteiger charge is 2.22. The van der Waals surface area contributed by atoms with E-state index >= 15 is 0 Å². The number of hydrogen-bond donors (Lipinski definition) is 3. The molecule has 1 unspecified atom stereocenters. The summed E-state index contributed by atoms with van der Waals surface area (Å²) in [7, 11) is 0. The smallest absolute Gasteiger partial charge is 0.309 e. The van der Waals surface area contributed by atoms with Gasteiger partial charge in [-0.25, -0.2) is 0 Å². The lowest BCUT2D eigenvalue weighted by Gasteiger charge is -2.25. The number of aliphatic hydroxyl groups is 1. The maximum atomic E-state index is 11.8. The van der Waals surface area contributed by atoms with Crippen molar-refractivity contribution in [1.82, 2.24) is 10.6 Å². The van der Waals surface area contributed by atoms with Crippen LogP contribution in [0.5, 0.6) is 11.5 Å². The van der Waals surface area contributed by atoms with Gasteiger partial charge in [0.05, 0.1) is 6.10 Å². The average molecular weight is 336 g/mol. The molecule has 1 aromatic rings. The summed E-state index contributed by atoms with van der Waals surface area (Å²) in [4.78, 5) is 23.5.